The van der Waals surface area contributed by atoms with Crippen LogP contribution in [0, 0.1) is 0 Å². The number of hydrogen-bond acceptors (Lipinski definition) is 4. The lowest BCUT2D eigenvalue weighted by Crippen LogP contribution is -2.49. The van der Waals surface area contributed by atoms with Crippen LogP contribution in [0.2, 0.25) is 0 Å². The molecule has 12 heavy (non-hydrogen) atoms. The van der Waals surface area contributed by atoms with E-state index in [1.165, 1.54) is 0 Å². The molecule has 4 heteroatoms. The molecule has 0 radical (unpaired) electrons. The molecule has 2 bridgehead atoms. The lowest BCUT2D eigenvalue weighted by molar-refractivity contribution is -0.226. The molecule has 3 saturated heterocycles. The molecule has 3 rings (SSSR count). The molecule has 0 aromatic carbocycles. The summed E-state index contributed by atoms with van der Waals surface area (Å²) in [6.07, 6.45) is 1.88. The van der Waals surface area contributed by atoms with E-state index in [0.717, 1.165) is 12.8 Å². The number of ether oxygens (including phenoxy) is 2. The van der Waals surface area contributed by atoms with Crippen LogP contribution >= 0.6 is 0 Å². The van der Waals surface area contributed by atoms with Crippen molar-refractivity contribution in [3.8, 4) is 0 Å². The minimum Gasteiger partial charge on any atom is -0.389 e. The predicted octanol–water partition coefficient (Wildman–Crippen LogP) is -0.777. The first-order chi connectivity index (χ1) is 5.84. The third-order valence-corrected chi connectivity index (χ3v) is 3.02. The zero-order valence-corrected chi connectivity index (χ0v) is 6.77. The number of β-amino-alcohol motifs (C(OH)–C–C–N with tert-alkyl or cyclic N) is 1. The van der Waals surface area contributed by atoms with Crippen LogP contribution in [0.5, 0.6) is 0 Å². The van der Waals surface area contributed by atoms with Crippen molar-refractivity contribution in [3.05, 3.63) is 0 Å². The quantitative estimate of drug-likeness (QED) is 0.502. The van der Waals surface area contributed by atoms with E-state index in [-0.39, 0.29) is 30.6 Å². The average Bonchev–Trinajstić information content (AvgIpc) is 2.61. The maximum Gasteiger partial charge on any atom is 0.158 e. The van der Waals surface area contributed by atoms with Gasteiger partial charge in [0.2, 0.25) is 0 Å². The highest BCUT2D eigenvalue weighted by atomic mass is 16.7. The van der Waals surface area contributed by atoms with Crippen molar-refractivity contribution in [2.45, 2.75) is 43.5 Å². The standard InChI is InChI=1S/C8H13NO3/c10-4-3-9-7-5-1-2-6(11-5)12-8(4)7/h4-10H,1-3H2. The van der Waals surface area contributed by atoms with E-state index in [1.54, 1.807) is 0 Å². The van der Waals surface area contributed by atoms with Crippen LogP contribution in [0.3, 0.4) is 0 Å². The summed E-state index contributed by atoms with van der Waals surface area (Å²) in [6.45, 7) is 0.641. The Morgan fingerprint density at radius 1 is 1.25 bits per heavy atom. The molecule has 5 unspecified atom stereocenters. The zero-order chi connectivity index (χ0) is 8.13. The first-order valence-corrected chi connectivity index (χ1v) is 4.57. The van der Waals surface area contributed by atoms with E-state index in [2.05, 4.69) is 5.32 Å². The Hall–Kier alpha value is -0.160. The highest BCUT2D eigenvalue weighted by molar-refractivity contribution is 5.01. The molecule has 4 nitrogen and oxygen atoms in total. The van der Waals surface area contributed by atoms with Gasteiger partial charge in [-0.3, -0.25) is 0 Å². The zero-order valence-electron chi connectivity index (χ0n) is 6.77. The molecule has 3 aliphatic rings. The van der Waals surface area contributed by atoms with Crippen molar-refractivity contribution in [1.29, 1.82) is 0 Å². The van der Waals surface area contributed by atoms with Gasteiger partial charge in [0.15, 0.2) is 6.29 Å². The fourth-order valence-corrected chi connectivity index (χ4v) is 2.42. The van der Waals surface area contributed by atoms with Crippen molar-refractivity contribution >= 4 is 0 Å². The minimum atomic E-state index is -0.345. The Morgan fingerprint density at radius 3 is 3.08 bits per heavy atom. The van der Waals surface area contributed by atoms with Crippen LogP contribution in [-0.2, 0) is 9.47 Å². The van der Waals surface area contributed by atoms with Crippen LogP contribution in [0.1, 0.15) is 12.8 Å². The Labute approximate surface area is 70.8 Å². The second kappa shape index (κ2) is 2.42. The predicted molar refractivity (Wildman–Crippen MR) is 40.6 cm³/mol. The second-order valence-corrected chi connectivity index (χ2v) is 3.78. The SMILES string of the molecule is OC1CNC2C3CCC(O3)OC12. The van der Waals surface area contributed by atoms with E-state index in [0.29, 0.717) is 6.54 Å². The van der Waals surface area contributed by atoms with Gasteiger partial charge in [0, 0.05) is 13.0 Å². The third kappa shape index (κ3) is 0.864. The summed E-state index contributed by atoms with van der Waals surface area (Å²) >= 11 is 0. The number of aliphatic hydroxyl groups is 1. The average molecular weight is 171 g/mol. The van der Waals surface area contributed by atoms with E-state index < -0.39 is 0 Å². The molecule has 5 atom stereocenters. The molecular formula is C8H13NO3. The Morgan fingerprint density at radius 2 is 2.17 bits per heavy atom. The Bertz CT molecular complexity index is 199. The molecule has 3 heterocycles. The van der Waals surface area contributed by atoms with Crippen LogP contribution < -0.4 is 5.32 Å². The van der Waals surface area contributed by atoms with Gasteiger partial charge in [-0.15, -0.1) is 0 Å². The normalized spacial score (nSPS) is 57.2. The smallest absolute Gasteiger partial charge is 0.158 e. The van der Waals surface area contributed by atoms with Gasteiger partial charge in [-0.25, -0.2) is 0 Å². The second-order valence-electron chi connectivity index (χ2n) is 3.78. The molecular weight excluding hydrogens is 158 g/mol. The molecule has 3 aliphatic heterocycles. The van der Waals surface area contributed by atoms with E-state index in [9.17, 15) is 5.11 Å². The first kappa shape index (κ1) is 7.26. The third-order valence-electron chi connectivity index (χ3n) is 3.02. The van der Waals surface area contributed by atoms with Crippen LogP contribution in [-0.4, -0.2) is 42.3 Å². The molecule has 0 aliphatic carbocycles. The lowest BCUT2D eigenvalue weighted by atomic mass is 10.0. The van der Waals surface area contributed by atoms with Gasteiger partial charge in [0.25, 0.3) is 0 Å². The highest BCUT2D eigenvalue weighted by Crippen LogP contribution is 2.34. The van der Waals surface area contributed by atoms with Crippen molar-refractivity contribution in [1.82, 2.24) is 5.32 Å². The summed E-state index contributed by atoms with van der Waals surface area (Å²) in [4.78, 5) is 0. The molecule has 0 spiro atoms. The number of rotatable bonds is 0. The van der Waals surface area contributed by atoms with Gasteiger partial charge < -0.3 is 19.9 Å². The summed E-state index contributed by atoms with van der Waals surface area (Å²) < 4.78 is 11.1. The minimum absolute atomic E-state index is 0.0313. The Balaban J connectivity index is 1.85. The Kier molecular flexibility index (Phi) is 1.46. The number of fused-ring (bicyclic) bond motifs is 4. The summed E-state index contributed by atoms with van der Waals surface area (Å²) in [5, 5.41) is 12.8. The molecule has 3 fully saturated rings. The van der Waals surface area contributed by atoms with Crippen LogP contribution in [0.15, 0.2) is 0 Å². The number of aliphatic hydroxyl groups excluding tert-OH is 1. The maximum atomic E-state index is 9.54. The van der Waals surface area contributed by atoms with E-state index >= 15 is 0 Å². The molecule has 2 N–H and O–H groups in total. The van der Waals surface area contributed by atoms with Crippen molar-refractivity contribution in [2.75, 3.05) is 6.54 Å². The van der Waals surface area contributed by atoms with E-state index in [4.69, 9.17) is 9.47 Å². The summed E-state index contributed by atoms with van der Waals surface area (Å²) in [5.41, 5.74) is 0. The fourth-order valence-electron chi connectivity index (χ4n) is 2.42. The lowest BCUT2D eigenvalue weighted by Gasteiger charge is -2.32. The number of hydrogen-bond donors (Lipinski definition) is 2. The molecule has 68 valence electrons. The van der Waals surface area contributed by atoms with E-state index in [1.807, 2.05) is 0 Å². The van der Waals surface area contributed by atoms with Crippen LogP contribution in [0.25, 0.3) is 0 Å². The van der Waals surface area contributed by atoms with Gasteiger partial charge in [-0.05, 0) is 6.42 Å². The topological polar surface area (TPSA) is 50.7 Å². The summed E-state index contributed by atoms with van der Waals surface area (Å²) in [7, 11) is 0. The van der Waals surface area contributed by atoms with Gasteiger partial charge in [-0.1, -0.05) is 0 Å². The summed E-state index contributed by atoms with van der Waals surface area (Å²) in [5.74, 6) is 0. The molecule has 0 saturated carbocycles. The molecule has 0 aromatic rings. The van der Waals surface area contributed by atoms with Gasteiger partial charge >= 0.3 is 0 Å². The van der Waals surface area contributed by atoms with Crippen molar-refractivity contribution in [2.24, 2.45) is 0 Å². The van der Waals surface area contributed by atoms with Gasteiger partial charge in [-0.2, -0.15) is 0 Å². The van der Waals surface area contributed by atoms with Gasteiger partial charge in [0.1, 0.15) is 6.10 Å². The highest BCUT2D eigenvalue weighted by Gasteiger charge is 2.49. The van der Waals surface area contributed by atoms with Crippen molar-refractivity contribution in [3.63, 3.8) is 0 Å². The van der Waals surface area contributed by atoms with Crippen molar-refractivity contribution < 1.29 is 14.6 Å². The fraction of sp³-hybridized carbons (Fsp3) is 1.00. The molecule has 0 amide bonds. The maximum absolute atomic E-state index is 9.54. The molecule has 0 aromatic heterocycles. The largest absolute Gasteiger partial charge is 0.389 e. The van der Waals surface area contributed by atoms with Crippen LogP contribution in [0.4, 0.5) is 0 Å². The summed E-state index contributed by atoms with van der Waals surface area (Å²) in [6, 6.07) is 0.221. The van der Waals surface area contributed by atoms with Gasteiger partial charge in [0.05, 0.1) is 18.2 Å². The first-order valence-electron chi connectivity index (χ1n) is 4.57. The monoisotopic (exact) mass is 171 g/mol. The number of nitrogens with one attached hydrogen (secondary N) is 1.